The van der Waals surface area contributed by atoms with Crippen molar-refractivity contribution in [1.29, 1.82) is 0 Å². The Bertz CT molecular complexity index is 1560. The van der Waals surface area contributed by atoms with Crippen molar-refractivity contribution in [2.75, 3.05) is 0 Å². The normalized spacial score (nSPS) is 11.6. The van der Waals surface area contributed by atoms with Crippen LogP contribution in [0.4, 0.5) is 0 Å². The third-order valence-electron chi connectivity index (χ3n) is 6.02. The summed E-state index contributed by atoms with van der Waals surface area (Å²) < 4.78 is 6.45. The summed E-state index contributed by atoms with van der Waals surface area (Å²) >= 11 is 0. The van der Waals surface area contributed by atoms with Crippen LogP contribution in [0.5, 0.6) is 0 Å². The van der Waals surface area contributed by atoms with Gasteiger partial charge < -0.3 is 9.40 Å². The van der Waals surface area contributed by atoms with Crippen LogP contribution in [-0.4, -0.2) is 4.98 Å². The first-order chi connectivity index (χ1) is 14.7. The molecule has 2 heterocycles. The van der Waals surface area contributed by atoms with Crippen LogP contribution >= 0.6 is 0 Å². The molecule has 0 aliphatic carbocycles. The molecule has 0 N–H and O–H groups in total. The van der Waals surface area contributed by atoms with Crippen LogP contribution in [0, 0.1) is 6.07 Å². The first kappa shape index (κ1) is 19.9. The Morgan fingerprint density at radius 3 is 2.13 bits per heavy atom. The number of aromatic nitrogens is 1. The van der Waals surface area contributed by atoms with Gasteiger partial charge in [-0.25, -0.2) is 0 Å². The van der Waals surface area contributed by atoms with Gasteiger partial charge in [-0.3, -0.25) is 0 Å². The average molecular weight is 579 g/mol. The third kappa shape index (κ3) is 3.00. The predicted molar refractivity (Wildman–Crippen MR) is 125 cm³/mol. The zero-order valence-corrected chi connectivity index (χ0v) is 19.7. The molecule has 3 heteroatoms. The minimum atomic E-state index is 0. The predicted octanol–water partition coefficient (Wildman–Crippen LogP) is 7.88. The van der Waals surface area contributed by atoms with E-state index in [1.807, 2.05) is 18.3 Å². The Hall–Kier alpha value is -3.00. The van der Waals surface area contributed by atoms with Crippen LogP contribution in [0.15, 0.2) is 83.4 Å². The Labute approximate surface area is 194 Å². The van der Waals surface area contributed by atoms with Crippen molar-refractivity contribution in [2.45, 2.75) is 19.8 Å². The van der Waals surface area contributed by atoms with Crippen LogP contribution in [0.25, 0.3) is 54.7 Å². The molecule has 4 aromatic carbocycles. The van der Waals surface area contributed by atoms with E-state index in [9.17, 15) is 0 Å². The summed E-state index contributed by atoms with van der Waals surface area (Å²) in [5, 5.41) is 7.01. The minimum Gasteiger partial charge on any atom is -0.476 e. The molecule has 153 valence electrons. The summed E-state index contributed by atoms with van der Waals surface area (Å²) in [7, 11) is 0. The van der Waals surface area contributed by atoms with E-state index < -0.39 is 0 Å². The van der Waals surface area contributed by atoms with Gasteiger partial charge in [0.15, 0.2) is 0 Å². The molecule has 0 unspecified atom stereocenters. The maximum atomic E-state index is 6.45. The van der Waals surface area contributed by atoms with Crippen molar-refractivity contribution >= 4 is 43.5 Å². The molecule has 0 saturated heterocycles. The number of pyridine rings is 1. The van der Waals surface area contributed by atoms with Gasteiger partial charge >= 0.3 is 0 Å². The summed E-state index contributed by atoms with van der Waals surface area (Å²) in [4.78, 5) is 4.78. The molecule has 0 amide bonds. The molecule has 31 heavy (non-hydrogen) atoms. The van der Waals surface area contributed by atoms with Gasteiger partial charge in [0, 0.05) is 31.7 Å². The summed E-state index contributed by atoms with van der Waals surface area (Å²) in [6.07, 6.45) is 1.97. The molecule has 2 nitrogen and oxygen atoms in total. The second-order valence-corrected chi connectivity index (χ2v) is 8.12. The number of benzene rings is 4. The van der Waals surface area contributed by atoms with E-state index in [0.29, 0.717) is 5.92 Å². The molecule has 0 aliphatic heterocycles. The van der Waals surface area contributed by atoms with Crippen LogP contribution in [0.2, 0.25) is 0 Å². The number of hydrogen-bond donors (Lipinski definition) is 0. The molecule has 0 bridgehead atoms. The zero-order chi connectivity index (χ0) is 20.2. The Balaban J connectivity index is 0.00000204. The van der Waals surface area contributed by atoms with Gasteiger partial charge in [0.2, 0.25) is 0 Å². The van der Waals surface area contributed by atoms with E-state index >= 15 is 0 Å². The van der Waals surface area contributed by atoms with Crippen LogP contribution < -0.4 is 0 Å². The maximum absolute atomic E-state index is 6.45. The maximum Gasteiger partial charge on any atom is 0.132 e. The first-order valence-electron chi connectivity index (χ1n) is 10.3. The summed E-state index contributed by atoms with van der Waals surface area (Å²) in [5.41, 5.74) is 4.94. The minimum absolute atomic E-state index is 0. The van der Waals surface area contributed by atoms with Gasteiger partial charge in [0.05, 0.1) is 5.58 Å². The number of rotatable bonds is 2. The second kappa shape index (κ2) is 7.60. The number of fused-ring (bicyclic) bond motifs is 8. The van der Waals surface area contributed by atoms with Crippen molar-refractivity contribution in [3.05, 3.63) is 90.6 Å². The van der Waals surface area contributed by atoms with E-state index in [2.05, 4.69) is 80.6 Å². The fraction of sp³-hybridized carbons (Fsp3) is 0.107. The fourth-order valence-electron chi connectivity index (χ4n) is 4.48. The molecule has 6 rings (SSSR count). The Morgan fingerprint density at radius 1 is 0.774 bits per heavy atom. The SMILES string of the molecule is CC(C)c1ccc(-c2[c-]ccc3oc4c5ccccc5c5ccccc5c4c23)nc1.[Ir]. The smallest absolute Gasteiger partial charge is 0.132 e. The topological polar surface area (TPSA) is 26.0 Å². The van der Waals surface area contributed by atoms with Crippen LogP contribution in [0.3, 0.4) is 0 Å². The number of furan rings is 1. The van der Waals surface area contributed by atoms with Crippen molar-refractivity contribution in [1.82, 2.24) is 4.98 Å². The molecular formula is C28H20IrNO-. The molecule has 0 spiro atoms. The van der Waals surface area contributed by atoms with E-state index in [0.717, 1.165) is 38.6 Å². The van der Waals surface area contributed by atoms with Crippen LogP contribution in [0.1, 0.15) is 25.3 Å². The first-order valence-corrected chi connectivity index (χ1v) is 10.3. The quantitative estimate of drug-likeness (QED) is 0.154. The van der Waals surface area contributed by atoms with E-state index in [1.165, 1.54) is 21.7 Å². The van der Waals surface area contributed by atoms with Crippen molar-refractivity contribution in [2.24, 2.45) is 0 Å². The van der Waals surface area contributed by atoms with Gasteiger partial charge in [-0.05, 0) is 38.7 Å². The third-order valence-corrected chi connectivity index (χ3v) is 6.02. The molecule has 0 saturated carbocycles. The van der Waals surface area contributed by atoms with Crippen molar-refractivity contribution in [3.8, 4) is 11.3 Å². The second-order valence-electron chi connectivity index (χ2n) is 8.12. The average Bonchev–Trinajstić information content (AvgIpc) is 3.19. The molecular weight excluding hydrogens is 559 g/mol. The monoisotopic (exact) mass is 579 g/mol. The fourth-order valence-corrected chi connectivity index (χ4v) is 4.48. The molecule has 0 fully saturated rings. The summed E-state index contributed by atoms with van der Waals surface area (Å²) in [6, 6.07) is 28.7. The molecule has 0 atom stereocenters. The molecule has 0 aliphatic rings. The Morgan fingerprint density at radius 2 is 1.45 bits per heavy atom. The van der Waals surface area contributed by atoms with Crippen molar-refractivity contribution in [3.63, 3.8) is 0 Å². The van der Waals surface area contributed by atoms with Crippen LogP contribution in [-0.2, 0) is 20.1 Å². The standard InChI is InChI=1S/C28H20NO.Ir/c1-17(2)18-14-15-24(29-16-18)23-12-7-13-25-26(23)27-21-10-5-3-8-19(21)20-9-4-6-11-22(20)28(27)30-25;/h3-11,13-17H,1-2H3;/q-1;. The van der Waals surface area contributed by atoms with Gasteiger partial charge in [-0.2, -0.15) is 0 Å². The Kier molecular flexibility index (Phi) is 4.89. The van der Waals surface area contributed by atoms with E-state index in [-0.39, 0.29) is 20.1 Å². The largest absolute Gasteiger partial charge is 0.476 e. The summed E-state index contributed by atoms with van der Waals surface area (Å²) in [5.74, 6) is 0.455. The summed E-state index contributed by atoms with van der Waals surface area (Å²) in [6.45, 7) is 4.37. The molecule has 2 aromatic heterocycles. The van der Waals surface area contributed by atoms with Gasteiger partial charge in [0.1, 0.15) is 5.58 Å². The zero-order valence-electron chi connectivity index (χ0n) is 17.3. The van der Waals surface area contributed by atoms with E-state index in [1.54, 1.807) is 0 Å². The van der Waals surface area contributed by atoms with Gasteiger partial charge in [0.25, 0.3) is 0 Å². The molecule has 1 radical (unpaired) electrons. The van der Waals surface area contributed by atoms with Crippen molar-refractivity contribution < 1.29 is 24.5 Å². The molecule has 6 aromatic rings. The number of hydrogen-bond acceptors (Lipinski definition) is 2. The van der Waals surface area contributed by atoms with Gasteiger partial charge in [-0.15, -0.1) is 17.7 Å². The van der Waals surface area contributed by atoms with E-state index in [4.69, 9.17) is 9.40 Å². The van der Waals surface area contributed by atoms with Gasteiger partial charge in [-0.1, -0.05) is 86.0 Å². The number of nitrogens with zero attached hydrogens (tertiary/aromatic N) is 1.